The molecule has 0 amide bonds. The molecule has 0 radical (unpaired) electrons. The molecule has 0 spiro atoms. The largest absolute Gasteiger partial charge is 0.508 e. The number of phenols is 1. The molecule has 1 aromatic rings. The van der Waals surface area contributed by atoms with Crippen molar-refractivity contribution in [2.24, 2.45) is 17.1 Å². The fourth-order valence-corrected chi connectivity index (χ4v) is 2.57. The van der Waals surface area contributed by atoms with Crippen molar-refractivity contribution >= 4 is 0 Å². The van der Waals surface area contributed by atoms with Gasteiger partial charge in [-0.3, -0.25) is 0 Å². The number of nitrogens with two attached hydrogens (primary N) is 1. The molecule has 0 aromatic heterocycles. The van der Waals surface area contributed by atoms with Crippen LogP contribution in [-0.4, -0.2) is 11.7 Å². The molecular weight excluding hydrogens is 193 g/mol. The van der Waals surface area contributed by atoms with E-state index in [1.54, 1.807) is 6.07 Å². The van der Waals surface area contributed by atoms with Crippen LogP contribution in [0, 0.1) is 17.2 Å². The van der Waals surface area contributed by atoms with E-state index in [0.717, 1.165) is 6.07 Å². The van der Waals surface area contributed by atoms with Crippen molar-refractivity contribution < 1.29 is 9.50 Å². The van der Waals surface area contributed by atoms with E-state index in [1.165, 1.54) is 6.07 Å². The van der Waals surface area contributed by atoms with Gasteiger partial charge in [0.25, 0.3) is 0 Å². The van der Waals surface area contributed by atoms with E-state index in [-0.39, 0.29) is 22.9 Å². The summed E-state index contributed by atoms with van der Waals surface area (Å²) in [6.07, 6.45) is 0. The summed E-state index contributed by atoms with van der Waals surface area (Å²) in [5.74, 6) is 0.169. The lowest BCUT2D eigenvalue weighted by molar-refractivity contribution is 0.467. The fourth-order valence-electron chi connectivity index (χ4n) is 2.57. The lowest BCUT2D eigenvalue weighted by Gasteiger charge is -2.04. The van der Waals surface area contributed by atoms with E-state index < -0.39 is 0 Å². The van der Waals surface area contributed by atoms with Crippen LogP contribution in [0.5, 0.6) is 5.75 Å². The van der Waals surface area contributed by atoms with Crippen LogP contribution >= 0.6 is 0 Å². The fraction of sp³-hybridized carbons (Fsp3) is 0.500. The average molecular weight is 209 g/mol. The van der Waals surface area contributed by atoms with Crippen molar-refractivity contribution in [1.82, 2.24) is 0 Å². The van der Waals surface area contributed by atoms with Crippen molar-refractivity contribution in [2.45, 2.75) is 19.8 Å². The summed E-state index contributed by atoms with van der Waals surface area (Å²) in [5.41, 5.74) is 6.40. The van der Waals surface area contributed by atoms with Crippen molar-refractivity contribution in [3.63, 3.8) is 0 Å². The molecule has 0 unspecified atom stereocenters. The third-order valence-electron chi connectivity index (χ3n) is 3.62. The summed E-state index contributed by atoms with van der Waals surface area (Å²) in [6, 6.07) is 4.35. The highest BCUT2D eigenvalue weighted by Crippen LogP contribution is 2.64. The highest BCUT2D eigenvalue weighted by Gasteiger charge is 2.57. The Bertz CT molecular complexity index is 389. The van der Waals surface area contributed by atoms with Crippen LogP contribution in [0.4, 0.5) is 4.39 Å². The average Bonchev–Trinajstić information content (AvgIpc) is 2.68. The number of rotatable bonds is 2. The highest BCUT2D eigenvalue weighted by molar-refractivity contribution is 5.36. The predicted molar refractivity (Wildman–Crippen MR) is 57.1 cm³/mol. The van der Waals surface area contributed by atoms with Crippen molar-refractivity contribution in [3.8, 4) is 5.75 Å². The maximum absolute atomic E-state index is 13.6. The zero-order chi connectivity index (χ0) is 11.2. The van der Waals surface area contributed by atoms with Gasteiger partial charge in [0.05, 0.1) is 0 Å². The van der Waals surface area contributed by atoms with E-state index >= 15 is 0 Å². The lowest BCUT2D eigenvalue weighted by atomic mass is 10.0. The topological polar surface area (TPSA) is 46.2 Å². The number of phenolic OH excluding ortho intramolecular Hbond substituents is 1. The van der Waals surface area contributed by atoms with Crippen molar-refractivity contribution in [3.05, 3.63) is 29.6 Å². The van der Waals surface area contributed by atoms with Gasteiger partial charge >= 0.3 is 0 Å². The molecule has 2 atom stereocenters. The maximum Gasteiger partial charge on any atom is 0.130 e. The second kappa shape index (κ2) is 3.20. The third kappa shape index (κ3) is 1.51. The molecule has 2 nitrogen and oxygen atoms in total. The first kappa shape index (κ1) is 10.4. The Labute approximate surface area is 88.9 Å². The molecule has 1 saturated carbocycles. The summed E-state index contributed by atoms with van der Waals surface area (Å²) in [6.45, 7) is 4.78. The molecule has 1 aromatic carbocycles. The van der Waals surface area contributed by atoms with Crippen LogP contribution in [0.3, 0.4) is 0 Å². The van der Waals surface area contributed by atoms with E-state index in [1.807, 2.05) is 0 Å². The molecule has 0 saturated heterocycles. The van der Waals surface area contributed by atoms with Gasteiger partial charge in [-0.05, 0) is 35.4 Å². The monoisotopic (exact) mass is 209 g/mol. The normalized spacial score (nSPS) is 27.7. The second-order valence-electron chi connectivity index (χ2n) is 4.85. The molecule has 0 aliphatic heterocycles. The molecular formula is C12H16FNO. The van der Waals surface area contributed by atoms with E-state index in [0.29, 0.717) is 18.0 Å². The minimum absolute atomic E-state index is 0.0287. The van der Waals surface area contributed by atoms with Crippen LogP contribution in [0.1, 0.15) is 25.3 Å². The Morgan fingerprint density at radius 3 is 2.60 bits per heavy atom. The zero-order valence-electron chi connectivity index (χ0n) is 9.00. The van der Waals surface area contributed by atoms with Crippen molar-refractivity contribution in [2.75, 3.05) is 6.54 Å². The van der Waals surface area contributed by atoms with Crippen LogP contribution in [0.15, 0.2) is 18.2 Å². The van der Waals surface area contributed by atoms with Gasteiger partial charge in [0.15, 0.2) is 0 Å². The first-order valence-electron chi connectivity index (χ1n) is 5.17. The molecule has 3 N–H and O–H groups in total. The minimum atomic E-state index is -0.330. The van der Waals surface area contributed by atoms with E-state index in [4.69, 9.17) is 10.8 Å². The Morgan fingerprint density at radius 2 is 2.13 bits per heavy atom. The minimum Gasteiger partial charge on any atom is -0.508 e. The van der Waals surface area contributed by atoms with Gasteiger partial charge in [-0.25, -0.2) is 4.39 Å². The SMILES string of the molecule is CC1(C)[C@H](CN)[C@H]1c1ccc(O)cc1F. The van der Waals surface area contributed by atoms with Gasteiger partial charge in [0.2, 0.25) is 0 Å². The predicted octanol–water partition coefficient (Wildman–Crippen LogP) is 2.23. The van der Waals surface area contributed by atoms with Gasteiger partial charge in [-0.2, -0.15) is 0 Å². The van der Waals surface area contributed by atoms with Gasteiger partial charge in [0.1, 0.15) is 11.6 Å². The molecule has 1 fully saturated rings. The van der Waals surface area contributed by atoms with Crippen LogP contribution in [0.25, 0.3) is 0 Å². The molecule has 0 heterocycles. The Kier molecular flexibility index (Phi) is 2.23. The molecule has 15 heavy (non-hydrogen) atoms. The molecule has 2 rings (SSSR count). The molecule has 82 valence electrons. The molecule has 1 aliphatic rings. The summed E-state index contributed by atoms with van der Waals surface area (Å²) >= 11 is 0. The van der Waals surface area contributed by atoms with E-state index in [9.17, 15) is 4.39 Å². The summed E-state index contributed by atoms with van der Waals surface area (Å²) in [7, 11) is 0. The first-order chi connectivity index (χ1) is 6.98. The van der Waals surface area contributed by atoms with Crippen LogP contribution in [-0.2, 0) is 0 Å². The Balaban J connectivity index is 2.33. The van der Waals surface area contributed by atoms with Crippen molar-refractivity contribution in [1.29, 1.82) is 0 Å². The molecule has 0 bridgehead atoms. The maximum atomic E-state index is 13.6. The van der Waals surface area contributed by atoms with Gasteiger partial charge in [-0.1, -0.05) is 19.9 Å². The summed E-state index contributed by atoms with van der Waals surface area (Å²) in [5, 5.41) is 9.13. The Hall–Kier alpha value is -1.09. The lowest BCUT2D eigenvalue weighted by Crippen LogP contribution is -2.05. The smallest absolute Gasteiger partial charge is 0.130 e. The van der Waals surface area contributed by atoms with Crippen LogP contribution in [0.2, 0.25) is 0 Å². The molecule has 3 heteroatoms. The number of aromatic hydroxyl groups is 1. The second-order valence-corrected chi connectivity index (χ2v) is 4.85. The number of benzene rings is 1. The summed E-state index contributed by atoms with van der Waals surface area (Å²) < 4.78 is 13.6. The third-order valence-corrected chi connectivity index (χ3v) is 3.62. The van der Waals surface area contributed by atoms with Gasteiger partial charge in [0, 0.05) is 6.07 Å². The van der Waals surface area contributed by atoms with E-state index in [2.05, 4.69) is 13.8 Å². The number of halogens is 1. The number of hydrogen-bond acceptors (Lipinski definition) is 2. The van der Waals surface area contributed by atoms with Gasteiger partial charge in [-0.15, -0.1) is 0 Å². The quantitative estimate of drug-likeness (QED) is 0.784. The van der Waals surface area contributed by atoms with Crippen LogP contribution < -0.4 is 5.73 Å². The summed E-state index contributed by atoms with van der Waals surface area (Å²) in [4.78, 5) is 0. The molecule has 1 aliphatic carbocycles. The standard InChI is InChI=1S/C12H16FNO/c1-12(2)9(6-14)11(12)8-4-3-7(15)5-10(8)13/h3-5,9,11,15H,6,14H2,1-2H3/t9-,11-/m1/s1. The highest BCUT2D eigenvalue weighted by atomic mass is 19.1. The zero-order valence-corrected chi connectivity index (χ0v) is 9.00. The Morgan fingerprint density at radius 1 is 1.47 bits per heavy atom. The van der Waals surface area contributed by atoms with Gasteiger partial charge < -0.3 is 10.8 Å². The number of hydrogen-bond donors (Lipinski definition) is 2. The first-order valence-corrected chi connectivity index (χ1v) is 5.17.